The maximum absolute atomic E-state index is 5.71. The molecule has 0 unspecified atom stereocenters. The number of nitrogen functional groups attached to an aromatic ring is 1. The Morgan fingerprint density at radius 3 is 2.71 bits per heavy atom. The van der Waals surface area contributed by atoms with Crippen LogP contribution in [-0.4, -0.2) is 17.1 Å². The number of ether oxygens (including phenoxy) is 1. The van der Waals surface area contributed by atoms with Crippen LogP contribution in [0.5, 0.6) is 0 Å². The fraction of sp³-hybridized carbons (Fsp3) is 0.556. The molecule has 1 aromatic rings. The van der Waals surface area contributed by atoms with Gasteiger partial charge < -0.3 is 10.5 Å². The van der Waals surface area contributed by atoms with E-state index >= 15 is 0 Å². The van der Waals surface area contributed by atoms with Gasteiger partial charge in [0.1, 0.15) is 11.6 Å². The minimum Gasteiger partial charge on any atom is -0.383 e. The molecule has 0 fully saturated rings. The Morgan fingerprint density at radius 1 is 1.50 bits per heavy atom. The number of hydrogen-bond acceptors (Lipinski definition) is 4. The summed E-state index contributed by atoms with van der Waals surface area (Å²) >= 11 is 0. The Balaban J connectivity index is 0.00000169. The Bertz CT molecular complexity index is 281. The predicted octanol–water partition coefficient (Wildman–Crippen LogP) is 1.58. The van der Waals surface area contributed by atoms with Gasteiger partial charge in [-0.15, -0.1) is 12.4 Å². The van der Waals surface area contributed by atoms with Gasteiger partial charge in [0.15, 0.2) is 0 Å². The van der Waals surface area contributed by atoms with Crippen molar-refractivity contribution in [1.82, 2.24) is 9.97 Å². The molecule has 0 spiro atoms. The van der Waals surface area contributed by atoms with Gasteiger partial charge in [0, 0.05) is 25.3 Å². The first kappa shape index (κ1) is 13.1. The highest BCUT2D eigenvalue weighted by atomic mass is 35.5. The molecule has 80 valence electrons. The molecule has 0 saturated heterocycles. The van der Waals surface area contributed by atoms with Crippen molar-refractivity contribution in [3.8, 4) is 0 Å². The highest BCUT2D eigenvalue weighted by Gasteiger charge is 2.02. The monoisotopic (exact) mass is 217 g/mol. The van der Waals surface area contributed by atoms with E-state index in [0.717, 1.165) is 24.2 Å². The summed E-state index contributed by atoms with van der Waals surface area (Å²) < 4.78 is 4.95. The molecule has 14 heavy (non-hydrogen) atoms. The number of methoxy groups -OCH3 is 1. The molecule has 0 aliphatic heterocycles. The Labute approximate surface area is 90.3 Å². The zero-order valence-corrected chi connectivity index (χ0v) is 9.30. The van der Waals surface area contributed by atoms with E-state index in [-0.39, 0.29) is 12.4 Å². The molecule has 1 rings (SSSR count). The van der Waals surface area contributed by atoms with E-state index in [1.807, 2.05) is 0 Å². The lowest BCUT2D eigenvalue weighted by atomic mass is 10.3. The van der Waals surface area contributed by atoms with Gasteiger partial charge in [0.25, 0.3) is 0 Å². The van der Waals surface area contributed by atoms with Crippen LogP contribution >= 0.6 is 12.4 Å². The Morgan fingerprint density at radius 2 is 2.21 bits per heavy atom. The van der Waals surface area contributed by atoms with Crippen molar-refractivity contribution >= 4 is 18.2 Å². The number of anilines is 1. The Kier molecular flexibility index (Phi) is 6.16. The van der Waals surface area contributed by atoms with Gasteiger partial charge in [0.2, 0.25) is 0 Å². The van der Waals surface area contributed by atoms with Crippen molar-refractivity contribution in [2.24, 2.45) is 0 Å². The number of hydrogen-bond donors (Lipinski definition) is 1. The number of rotatable bonds is 4. The summed E-state index contributed by atoms with van der Waals surface area (Å²) in [6.07, 6.45) is 3.64. The van der Waals surface area contributed by atoms with Crippen LogP contribution in [0.15, 0.2) is 6.20 Å². The lowest BCUT2D eigenvalue weighted by molar-refractivity contribution is 0.185. The number of aromatic nitrogens is 2. The van der Waals surface area contributed by atoms with Crippen LogP contribution in [0.1, 0.15) is 24.7 Å². The van der Waals surface area contributed by atoms with Gasteiger partial charge in [-0.2, -0.15) is 0 Å². The normalized spacial score (nSPS) is 9.57. The van der Waals surface area contributed by atoms with E-state index in [2.05, 4.69) is 16.9 Å². The molecule has 0 amide bonds. The van der Waals surface area contributed by atoms with E-state index in [1.54, 1.807) is 13.3 Å². The van der Waals surface area contributed by atoms with Crippen LogP contribution < -0.4 is 5.73 Å². The van der Waals surface area contributed by atoms with Crippen LogP contribution in [0.4, 0.5) is 5.82 Å². The van der Waals surface area contributed by atoms with Crippen LogP contribution in [-0.2, 0) is 17.8 Å². The molecular weight excluding hydrogens is 202 g/mol. The van der Waals surface area contributed by atoms with E-state index in [4.69, 9.17) is 10.5 Å². The second-order valence-electron chi connectivity index (χ2n) is 2.88. The molecule has 0 aliphatic carbocycles. The summed E-state index contributed by atoms with van der Waals surface area (Å²) in [5.74, 6) is 1.33. The number of nitrogens with two attached hydrogens (primary N) is 1. The Hall–Kier alpha value is -0.870. The third-order valence-electron chi connectivity index (χ3n) is 1.72. The molecule has 1 aromatic heterocycles. The summed E-state index contributed by atoms with van der Waals surface area (Å²) in [5, 5.41) is 0. The van der Waals surface area contributed by atoms with Crippen LogP contribution in [0.2, 0.25) is 0 Å². The molecule has 5 heteroatoms. The summed E-state index contributed by atoms with van der Waals surface area (Å²) in [5.41, 5.74) is 6.56. The lowest BCUT2D eigenvalue weighted by Crippen LogP contribution is -2.04. The maximum atomic E-state index is 5.71. The van der Waals surface area contributed by atoms with Crippen molar-refractivity contribution < 1.29 is 4.74 Å². The summed E-state index contributed by atoms with van der Waals surface area (Å²) in [4.78, 5) is 8.34. The lowest BCUT2D eigenvalue weighted by Gasteiger charge is -2.04. The quantitative estimate of drug-likeness (QED) is 0.832. The first-order valence-corrected chi connectivity index (χ1v) is 4.37. The summed E-state index contributed by atoms with van der Waals surface area (Å²) in [6, 6.07) is 0. The van der Waals surface area contributed by atoms with Gasteiger partial charge in [0.05, 0.1) is 6.61 Å². The fourth-order valence-electron chi connectivity index (χ4n) is 1.07. The van der Waals surface area contributed by atoms with Gasteiger partial charge in [-0.3, -0.25) is 0 Å². The largest absolute Gasteiger partial charge is 0.383 e. The molecule has 1 heterocycles. The van der Waals surface area contributed by atoms with Crippen molar-refractivity contribution in [1.29, 1.82) is 0 Å². The molecule has 0 saturated carbocycles. The molecule has 4 nitrogen and oxygen atoms in total. The van der Waals surface area contributed by atoms with Gasteiger partial charge in [-0.05, 0) is 6.42 Å². The molecule has 0 bridgehead atoms. The zero-order chi connectivity index (χ0) is 9.68. The van der Waals surface area contributed by atoms with Crippen molar-refractivity contribution in [2.75, 3.05) is 12.8 Å². The fourth-order valence-corrected chi connectivity index (χ4v) is 1.07. The predicted molar refractivity (Wildman–Crippen MR) is 58.4 cm³/mol. The van der Waals surface area contributed by atoms with Crippen molar-refractivity contribution in [2.45, 2.75) is 26.4 Å². The second-order valence-corrected chi connectivity index (χ2v) is 2.88. The standard InChI is InChI=1S/C9H15N3O.ClH/c1-3-4-8-11-5-7(6-13-2)9(10)12-8;/h5H,3-4,6H2,1-2H3,(H2,10,11,12);1H. The molecule has 0 aromatic carbocycles. The van der Waals surface area contributed by atoms with Gasteiger partial charge in [-0.1, -0.05) is 6.92 Å². The zero-order valence-electron chi connectivity index (χ0n) is 8.49. The average molecular weight is 218 g/mol. The minimum absolute atomic E-state index is 0. The highest BCUT2D eigenvalue weighted by Crippen LogP contribution is 2.09. The van der Waals surface area contributed by atoms with E-state index in [0.29, 0.717) is 12.4 Å². The SMILES string of the molecule is CCCc1ncc(COC)c(N)n1.Cl. The summed E-state index contributed by atoms with van der Waals surface area (Å²) in [6.45, 7) is 2.56. The molecule has 0 atom stereocenters. The maximum Gasteiger partial charge on any atom is 0.132 e. The topological polar surface area (TPSA) is 61.0 Å². The van der Waals surface area contributed by atoms with Gasteiger partial charge >= 0.3 is 0 Å². The molecule has 0 radical (unpaired) electrons. The van der Waals surface area contributed by atoms with Crippen molar-refractivity contribution in [3.63, 3.8) is 0 Å². The number of nitrogens with zero attached hydrogens (tertiary/aromatic N) is 2. The van der Waals surface area contributed by atoms with Crippen LogP contribution in [0.25, 0.3) is 0 Å². The van der Waals surface area contributed by atoms with E-state index in [9.17, 15) is 0 Å². The second kappa shape index (κ2) is 6.56. The van der Waals surface area contributed by atoms with Crippen LogP contribution in [0, 0.1) is 0 Å². The molecular formula is C9H16ClN3O. The smallest absolute Gasteiger partial charge is 0.132 e. The first-order valence-electron chi connectivity index (χ1n) is 4.37. The third-order valence-corrected chi connectivity index (χ3v) is 1.72. The minimum atomic E-state index is 0. The van der Waals surface area contributed by atoms with Crippen LogP contribution in [0.3, 0.4) is 0 Å². The molecule has 0 aliphatic rings. The third kappa shape index (κ3) is 3.47. The molecule has 2 N–H and O–H groups in total. The summed E-state index contributed by atoms with van der Waals surface area (Å²) in [7, 11) is 1.62. The van der Waals surface area contributed by atoms with Gasteiger partial charge in [-0.25, -0.2) is 9.97 Å². The average Bonchev–Trinajstić information content (AvgIpc) is 2.10. The van der Waals surface area contributed by atoms with E-state index < -0.39 is 0 Å². The number of aryl methyl sites for hydroxylation is 1. The van der Waals surface area contributed by atoms with Crippen molar-refractivity contribution in [3.05, 3.63) is 17.6 Å². The van der Waals surface area contributed by atoms with E-state index in [1.165, 1.54) is 0 Å². The first-order chi connectivity index (χ1) is 6.27. The highest BCUT2D eigenvalue weighted by molar-refractivity contribution is 5.85. The number of halogens is 1.